The molecule has 0 radical (unpaired) electrons. The highest BCUT2D eigenvalue weighted by Crippen LogP contribution is 2.18. The normalized spacial score (nSPS) is 17.1. The van der Waals surface area contributed by atoms with Gasteiger partial charge in [0.05, 0.1) is 0 Å². The van der Waals surface area contributed by atoms with E-state index in [1.54, 1.807) is 7.11 Å². The number of amidine groups is 1. The van der Waals surface area contributed by atoms with Gasteiger partial charge in [0.15, 0.2) is 0 Å². The van der Waals surface area contributed by atoms with Gasteiger partial charge in [-0.1, -0.05) is 30.3 Å². The summed E-state index contributed by atoms with van der Waals surface area (Å²) in [6, 6.07) is 9.69. The van der Waals surface area contributed by atoms with Gasteiger partial charge >= 0.3 is 0 Å². The van der Waals surface area contributed by atoms with Crippen LogP contribution in [-0.4, -0.2) is 25.4 Å². The molecule has 78 valence electrons. The molecule has 4 heteroatoms. The summed E-state index contributed by atoms with van der Waals surface area (Å²) in [7, 11) is 1.60. The molecule has 0 spiro atoms. The molecule has 1 unspecified atom stereocenters. The second-order valence-electron chi connectivity index (χ2n) is 3.28. The van der Waals surface area contributed by atoms with Crippen LogP contribution in [0.25, 0.3) is 0 Å². The first-order chi connectivity index (χ1) is 7.31. The third kappa shape index (κ3) is 2.05. The predicted molar refractivity (Wildman–Crippen MR) is 56.6 cm³/mol. The fourth-order valence-electron chi connectivity index (χ4n) is 1.56. The van der Waals surface area contributed by atoms with Gasteiger partial charge in [-0.3, -0.25) is 9.79 Å². The first kappa shape index (κ1) is 9.86. The Morgan fingerprint density at radius 1 is 1.40 bits per heavy atom. The van der Waals surface area contributed by atoms with E-state index in [0.29, 0.717) is 5.84 Å². The van der Waals surface area contributed by atoms with Gasteiger partial charge in [-0.05, 0) is 5.56 Å². The lowest BCUT2D eigenvalue weighted by atomic mass is 10.1. The standard InChI is InChI=1S/C11H12N2O2/c1-15-10(8-5-3-2-4-6-8)11-12-7-9(14)13-11/h2-6,10H,7H2,1H3,(H,12,13,14). The summed E-state index contributed by atoms with van der Waals surface area (Å²) in [6.07, 6.45) is -0.280. The minimum atomic E-state index is -0.280. The quantitative estimate of drug-likeness (QED) is 0.795. The van der Waals surface area contributed by atoms with Crippen molar-refractivity contribution in [2.24, 2.45) is 4.99 Å². The third-order valence-corrected chi connectivity index (χ3v) is 2.25. The Balaban J connectivity index is 2.22. The maximum atomic E-state index is 11.0. The van der Waals surface area contributed by atoms with Crippen LogP contribution < -0.4 is 5.32 Å². The van der Waals surface area contributed by atoms with E-state index in [9.17, 15) is 4.79 Å². The molecule has 1 aliphatic heterocycles. The van der Waals surface area contributed by atoms with Crippen LogP contribution in [-0.2, 0) is 9.53 Å². The lowest BCUT2D eigenvalue weighted by Gasteiger charge is -2.15. The molecule has 0 saturated heterocycles. The topological polar surface area (TPSA) is 50.7 Å². The molecule has 1 N–H and O–H groups in total. The highest BCUT2D eigenvalue weighted by atomic mass is 16.5. The molecule has 0 bridgehead atoms. The van der Waals surface area contributed by atoms with Gasteiger partial charge in [0.25, 0.3) is 0 Å². The van der Waals surface area contributed by atoms with E-state index in [1.807, 2.05) is 30.3 Å². The van der Waals surface area contributed by atoms with Crippen molar-refractivity contribution in [2.75, 3.05) is 13.7 Å². The number of carbonyl (C=O) groups excluding carboxylic acids is 1. The molecule has 1 heterocycles. The second kappa shape index (κ2) is 4.23. The van der Waals surface area contributed by atoms with E-state index in [1.165, 1.54) is 0 Å². The van der Waals surface area contributed by atoms with Gasteiger partial charge < -0.3 is 10.1 Å². The van der Waals surface area contributed by atoms with E-state index in [0.717, 1.165) is 5.56 Å². The van der Waals surface area contributed by atoms with Gasteiger partial charge in [-0.15, -0.1) is 0 Å². The van der Waals surface area contributed by atoms with Crippen LogP contribution in [0, 0.1) is 0 Å². The van der Waals surface area contributed by atoms with Crippen LogP contribution >= 0.6 is 0 Å². The van der Waals surface area contributed by atoms with Crippen LogP contribution in [0.5, 0.6) is 0 Å². The lowest BCUT2D eigenvalue weighted by molar-refractivity contribution is -0.117. The van der Waals surface area contributed by atoms with Crippen molar-refractivity contribution in [3.8, 4) is 0 Å². The number of rotatable bonds is 3. The lowest BCUT2D eigenvalue weighted by Crippen LogP contribution is -2.30. The molecule has 0 aliphatic carbocycles. The smallest absolute Gasteiger partial charge is 0.247 e. The molecule has 4 nitrogen and oxygen atoms in total. The summed E-state index contributed by atoms with van der Waals surface area (Å²) in [6.45, 7) is 0.196. The first-order valence-corrected chi connectivity index (χ1v) is 4.73. The zero-order valence-corrected chi connectivity index (χ0v) is 8.43. The van der Waals surface area contributed by atoms with E-state index < -0.39 is 0 Å². The number of benzene rings is 1. The van der Waals surface area contributed by atoms with Crippen molar-refractivity contribution in [1.29, 1.82) is 0 Å². The van der Waals surface area contributed by atoms with Crippen molar-refractivity contribution in [3.05, 3.63) is 35.9 Å². The number of nitrogens with one attached hydrogen (secondary N) is 1. The van der Waals surface area contributed by atoms with E-state index in [-0.39, 0.29) is 18.6 Å². The van der Waals surface area contributed by atoms with Crippen LogP contribution in [0.2, 0.25) is 0 Å². The Labute approximate surface area is 88.0 Å². The summed E-state index contributed by atoms with van der Waals surface area (Å²) in [5.74, 6) is 0.511. The number of hydrogen-bond donors (Lipinski definition) is 1. The van der Waals surface area contributed by atoms with Crippen molar-refractivity contribution in [2.45, 2.75) is 6.10 Å². The van der Waals surface area contributed by atoms with Crippen LogP contribution in [0.1, 0.15) is 11.7 Å². The average molecular weight is 204 g/mol. The maximum Gasteiger partial charge on any atom is 0.247 e. The van der Waals surface area contributed by atoms with Crippen LogP contribution in [0.15, 0.2) is 35.3 Å². The number of aliphatic imine (C=N–C) groups is 1. The zero-order chi connectivity index (χ0) is 10.7. The SMILES string of the molecule is COC(C1=NCC(=O)N1)c1ccccc1. The molecule has 1 aromatic rings. The molecule has 0 aromatic heterocycles. The fraction of sp³-hybridized carbons (Fsp3) is 0.273. The summed E-state index contributed by atoms with van der Waals surface area (Å²) in [5.41, 5.74) is 0.987. The fourth-order valence-corrected chi connectivity index (χ4v) is 1.56. The number of ether oxygens (including phenoxy) is 1. The number of methoxy groups -OCH3 is 1. The van der Waals surface area contributed by atoms with Gasteiger partial charge in [-0.2, -0.15) is 0 Å². The van der Waals surface area contributed by atoms with Crippen molar-refractivity contribution in [1.82, 2.24) is 5.32 Å². The molecule has 15 heavy (non-hydrogen) atoms. The molecular weight excluding hydrogens is 192 g/mol. The van der Waals surface area contributed by atoms with Crippen molar-refractivity contribution >= 4 is 11.7 Å². The Bertz CT molecular complexity index is 387. The Hall–Kier alpha value is -1.68. The summed E-state index contributed by atoms with van der Waals surface area (Å²) >= 11 is 0. The van der Waals surface area contributed by atoms with Gasteiger partial charge in [-0.25, -0.2) is 0 Å². The Morgan fingerprint density at radius 3 is 2.67 bits per heavy atom. The van der Waals surface area contributed by atoms with Gasteiger partial charge in [0, 0.05) is 7.11 Å². The molecule has 2 rings (SSSR count). The van der Waals surface area contributed by atoms with E-state index in [4.69, 9.17) is 4.74 Å². The number of nitrogens with zero attached hydrogens (tertiary/aromatic N) is 1. The largest absolute Gasteiger partial charge is 0.369 e. The molecule has 0 saturated carbocycles. The molecule has 1 atom stereocenters. The molecule has 1 amide bonds. The first-order valence-electron chi connectivity index (χ1n) is 4.73. The minimum absolute atomic E-state index is 0.0806. The molecule has 1 aromatic carbocycles. The number of carbonyl (C=O) groups is 1. The molecular formula is C11H12N2O2. The summed E-state index contributed by atoms with van der Waals surface area (Å²) in [5, 5.41) is 2.69. The van der Waals surface area contributed by atoms with Crippen LogP contribution in [0.3, 0.4) is 0 Å². The minimum Gasteiger partial charge on any atom is -0.369 e. The van der Waals surface area contributed by atoms with Gasteiger partial charge in [0.2, 0.25) is 5.91 Å². The van der Waals surface area contributed by atoms with Crippen molar-refractivity contribution in [3.63, 3.8) is 0 Å². The van der Waals surface area contributed by atoms with E-state index >= 15 is 0 Å². The highest BCUT2D eigenvalue weighted by Gasteiger charge is 2.23. The summed E-state index contributed by atoms with van der Waals surface area (Å²) < 4.78 is 5.32. The Morgan fingerprint density at radius 2 is 2.13 bits per heavy atom. The summed E-state index contributed by atoms with van der Waals surface area (Å²) in [4.78, 5) is 15.1. The Kier molecular flexibility index (Phi) is 2.78. The maximum absolute atomic E-state index is 11.0. The van der Waals surface area contributed by atoms with Gasteiger partial charge in [0.1, 0.15) is 18.5 Å². The zero-order valence-electron chi connectivity index (χ0n) is 8.43. The molecule has 0 fully saturated rings. The number of hydrogen-bond acceptors (Lipinski definition) is 3. The monoisotopic (exact) mass is 204 g/mol. The second-order valence-corrected chi connectivity index (χ2v) is 3.28. The highest BCUT2D eigenvalue weighted by molar-refractivity contribution is 6.06. The predicted octanol–water partition coefficient (Wildman–Crippen LogP) is 0.902. The number of amides is 1. The van der Waals surface area contributed by atoms with Crippen LogP contribution in [0.4, 0.5) is 0 Å². The van der Waals surface area contributed by atoms with Crippen molar-refractivity contribution < 1.29 is 9.53 Å². The average Bonchev–Trinajstić information content (AvgIpc) is 2.68. The van der Waals surface area contributed by atoms with E-state index in [2.05, 4.69) is 10.3 Å². The molecule has 1 aliphatic rings. The third-order valence-electron chi connectivity index (χ3n) is 2.25.